The molecule has 0 spiro atoms. The molecule has 0 amide bonds. The molecule has 0 bridgehead atoms. The van der Waals surface area contributed by atoms with E-state index in [0.29, 0.717) is 0 Å². The van der Waals surface area contributed by atoms with Crippen LogP contribution < -0.4 is 0 Å². The molecule has 20 heavy (non-hydrogen) atoms. The Bertz CT molecular complexity index is 473. The Hall–Kier alpha value is -1.97. The number of aliphatic carboxylic acids is 4. The molecule has 12 heteroatoms. The summed E-state index contributed by atoms with van der Waals surface area (Å²) in [6.45, 7) is 0. The Morgan fingerprint density at radius 2 is 1.25 bits per heavy atom. The summed E-state index contributed by atoms with van der Waals surface area (Å²) in [5.41, 5.74) is -6.18. The molecular weight excluding hydrogens is 303 g/mol. The van der Waals surface area contributed by atoms with Crippen LogP contribution in [-0.4, -0.2) is 59.7 Å². The highest BCUT2D eigenvalue weighted by molar-refractivity contribution is 7.53. The molecule has 11 nitrogen and oxygen atoms in total. The van der Waals surface area contributed by atoms with E-state index in [1.54, 1.807) is 0 Å². The van der Waals surface area contributed by atoms with Crippen molar-refractivity contribution < 1.29 is 54.0 Å². The lowest BCUT2D eigenvalue weighted by molar-refractivity contribution is -0.164. The Balaban J connectivity index is 6.22. The molecule has 0 aliphatic heterocycles. The summed E-state index contributed by atoms with van der Waals surface area (Å²) in [5.74, 6) is -8.36. The predicted octanol–water partition coefficient (Wildman–Crippen LogP) is -1.36. The third-order valence-corrected chi connectivity index (χ3v) is 3.84. The van der Waals surface area contributed by atoms with Crippen molar-refractivity contribution >= 4 is 31.5 Å². The van der Waals surface area contributed by atoms with E-state index in [4.69, 9.17) is 30.2 Å². The van der Waals surface area contributed by atoms with Crippen molar-refractivity contribution in [1.82, 2.24) is 0 Å². The van der Waals surface area contributed by atoms with E-state index in [9.17, 15) is 23.7 Å². The van der Waals surface area contributed by atoms with Gasteiger partial charge in [0, 0.05) is 0 Å². The predicted molar refractivity (Wildman–Crippen MR) is 58.0 cm³/mol. The first-order valence-electron chi connectivity index (χ1n) is 4.79. The van der Waals surface area contributed by atoms with Gasteiger partial charge in [0.1, 0.15) is 5.41 Å². The van der Waals surface area contributed by atoms with Crippen LogP contribution in [0.4, 0.5) is 0 Å². The highest BCUT2D eigenvalue weighted by atomic mass is 31.2. The van der Waals surface area contributed by atoms with Crippen LogP contribution in [0.5, 0.6) is 0 Å². The van der Waals surface area contributed by atoms with Crippen molar-refractivity contribution in [2.45, 2.75) is 18.5 Å². The Morgan fingerprint density at radius 1 is 0.900 bits per heavy atom. The molecule has 0 rings (SSSR count). The monoisotopic (exact) mass is 314 g/mol. The van der Waals surface area contributed by atoms with Crippen LogP contribution >= 0.6 is 7.60 Å². The third kappa shape index (κ3) is 4.02. The molecule has 0 saturated heterocycles. The second kappa shape index (κ2) is 5.99. The van der Waals surface area contributed by atoms with E-state index in [2.05, 4.69) is 0 Å². The number of hydrogen-bond donors (Lipinski definition) is 6. The summed E-state index contributed by atoms with van der Waals surface area (Å²) in [7, 11) is -5.63. The molecule has 0 aromatic rings. The summed E-state index contributed by atoms with van der Waals surface area (Å²) >= 11 is 0. The zero-order valence-corrected chi connectivity index (χ0v) is 10.6. The summed E-state index contributed by atoms with van der Waals surface area (Å²) in [5, 5.41) is 35.0. The molecule has 114 valence electrons. The van der Waals surface area contributed by atoms with Gasteiger partial charge >= 0.3 is 31.5 Å². The highest BCUT2D eigenvalue weighted by Gasteiger charge is 2.60. The van der Waals surface area contributed by atoms with Gasteiger partial charge < -0.3 is 30.2 Å². The minimum Gasteiger partial charge on any atom is -0.481 e. The first-order valence-corrected chi connectivity index (χ1v) is 6.47. The van der Waals surface area contributed by atoms with E-state index >= 15 is 0 Å². The van der Waals surface area contributed by atoms with E-state index in [0.717, 1.165) is 0 Å². The van der Waals surface area contributed by atoms with Gasteiger partial charge in [-0.1, -0.05) is 0 Å². The molecule has 0 aromatic carbocycles. The van der Waals surface area contributed by atoms with Gasteiger partial charge in [-0.2, -0.15) is 0 Å². The second-order valence-electron chi connectivity index (χ2n) is 3.93. The molecule has 1 unspecified atom stereocenters. The molecule has 0 heterocycles. The molecule has 0 saturated carbocycles. The standard InChI is InChI=1S/C8H11O11P/c9-3(10)1-8(7(15)16,2-4(11)12)5(6(13)14)20(17,18)19/h5H,1-2H2,(H,9,10)(H,11,12)(H,13,14)(H,15,16)(H2,17,18,19). The van der Waals surface area contributed by atoms with Crippen LogP contribution in [0.15, 0.2) is 0 Å². The van der Waals surface area contributed by atoms with Crippen molar-refractivity contribution in [1.29, 1.82) is 0 Å². The van der Waals surface area contributed by atoms with Crippen molar-refractivity contribution in [3.05, 3.63) is 0 Å². The smallest absolute Gasteiger partial charge is 0.340 e. The number of rotatable bonds is 8. The van der Waals surface area contributed by atoms with Gasteiger partial charge in [-0.05, 0) is 0 Å². The van der Waals surface area contributed by atoms with Gasteiger partial charge in [-0.25, -0.2) is 0 Å². The fraction of sp³-hybridized carbons (Fsp3) is 0.500. The van der Waals surface area contributed by atoms with Crippen molar-refractivity contribution in [2.75, 3.05) is 0 Å². The number of carboxylic acids is 4. The van der Waals surface area contributed by atoms with Gasteiger partial charge in [-0.3, -0.25) is 23.7 Å². The fourth-order valence-corrected chi connectivity index (χ4v) is 2.99. The lowest BCUT2D eigenvalue weighted by atomic mass is 9.77. The Kier molecular flexibility index (Phi) is 5.40. The van der Waals surface area contributed by atoms with Gasteiger partial charge in [0.2, 0.25) is 0 Å². The average Bonchev–Trinajstić information content (AvgIpc) is 2.10. The zero-order valence-electron chi connectivity index (χ0n) is 9.66. The quantitative estimate of drug-likeness (QED) is 0.288. The maximum absolute atomic E-state index is 11.2. The first-order chi connectivity index (χ1) is 8.84. The SMILES string of the molecule is O=C(O)CC(CC(=O)O)(C(=O)O)C(C(=O)O)P(=O)(O)O. The molecule has 0 fully saturated rings. The number of carbonyl (C=O) groups is 4. The molecule has 0 aliphatic rings. The van der Waals surface area contributed by atoms with Gasteiger partial charge in [0.05, 0.1) is 12.8 Å². The van der Waals surface area contributed by atoms with E-state index in [1.165, 1.54) is 0 Å². The molecule has 0 aliphatic carbocycles. The third-order valence-electron chi connectivity index (χ3n) is 2.45. The highest BCUT2D eigenvalue weighted by Crippen LogP contribution is 2.53. The van der Waals surface area contributed by atoms with Gasteiger partial charge in [0.15, 0.2) is 5.66 Å². The van der Waals surface area contributed by atoms with Gasteiger partial charge in [-0.15, -0.1) is 0 Å². The molecule has 0 aromatic heterocycles. The van der Waals surface area contributed by atoms with Crippen molar-refractivity contribution in [3.63, 3.8) is 0 Å². The Labute approximate surface area is 110 Å². The second-order valence-corrected chi connectivity index (χ2v) is 5.63. The number of carboxylic acid groups (broad SMARTS) is 4. The lowest BCUT2D eigenvalue weighted by Gasteiger charge is -2.32. The maximum atomic E-state index is 11.2. The van der Waals surface area contributed by atoms with Crippen LogP contribution in [-0.2, 0) is 23.7 Å². The van der Waals surface area contributed by atoms with Crippen LogP contribution in [0.2, 0.25) is 0 Å². The summed E-state index contributed by atoms with van der Waals surface area (Å²) < 4.78 is 11.2. The largest absolute Gasteiger partial charge is 0.481 e. The van der Waals surface area contributed by atoms with E-state index < -0.39 is 55.4 Å². The normalized spacial score (nSPS) is 13.5. The fourth-order valence-electron chi connectivity index (χ4n) is 1.77. The Morgan fingerprint density at radius 3 is 1.40 bits per heavy atom. The first kappa shape index (κ1) is 18.0. The van der Waals surface area contributed by atoms with Crippen molar-refractivity contribution in [2.24, 2.45) is 5.41 Å². The topological polar surface area (TPSA) is 207 Å². The van der Waals surface area contributed by atoms with Crippen LogP contribution in [0.3, 0.4) is 0 Å². The van der Waals surface area contributed by atoms with Crippen molar-refractivity contribution in [3.8, 4) is 0 Å². The maximum Gasteiger partial charge on any atom is 0.340 e. The summed E-state index contributed by atoms with van der Waals surface area (Å²) in [6.07, 6.45) is -3.15. The summed E-state index contributed by atoms with van der Waals surface area (Å²) in [4.78, 5) is 61.3. The average molecular weight is 314 g/mol. The van der Waals surface area contributed by atoms with Crippen LogP contribution in [0, 0.1) is 5.41 Å². The van der Waals surface area contributed by atoms with Crippen LogP contribution in [0.1, 0.15) is 12.8 Å². The zero-order chi connectivity index (χ0) is 16.3. The van der Waals surface area contributed by atoms with Crippen LogP contribution in [0.25, 0.3) is 0 Å². The molecule has 6 N–H and O–H groups in total. The van der Waals surface area contributed by atoms with E-state index in [1.807, 2.05) is 0 Å². The number of hydrogen-bond acceptors (Lipinski definition) is 5. The molecular formula is C8H11O11P. The summed E-state index contributed by atoms with van der Waals surface area (Å²) in [6, 6.07) is 0. The molecule has 0 radical (unpaired) electrons. The lowest BCUT2D eigenvalue weighted by Crippen LogP contribution is -2.49. The molecule has 1 atom stereocenters. The minimum absolute atomic E-state index is 1.57. The van der Waals surface area contributed by atoms with E-state index in [-0.39, 0.29) is 0 Å². The van der Waals surface area contributed by atoms with Gasteiger partial charge in [0.25, 0.3) is 0 Å². The minimum atomic E-state index is -5.63.